The van der Waals surface area contributed by atoms with E-state index in [4.69, 9.17) is 0 Å². The van der Waals surface area contributed by atoms with Crippen LogP contribution in [0.2, 0.25) is 0 Å². The summed E-state index contributed by atoms with van der Waals surface area (Å²) < 4.78 is 0. The Labute approximate surface area is 125 Å². The number of nitrogens with one attached hydrogen (secondary N) is 1. The van der Waals surface area contributed by atoms with E-state index in [2.05, 4.69) is 20.0 Å². The van der Waals surface area contributed by atoms with Gasteiger partial charge in [0.15, 0.2) is 0 Å². The predicted octanol–water partition coefficient (Wildman–Crippen LogP) is 1.87. The molecule has 2 aliphatic heterocycles. The maximum atomic E-state index is 11.8. The van der Waals surface area contributed by atoms with Crippen molar-refractivity contribution < 1.29 is 4.79 Å². The lowest BCUT2D eigenvalue weighted by atomic mass is 10.0. The second-order valence-electron chi connectivity index (χ2n) is 6.78. The monoisotopic (exact) mass is 288 g/mol. The van der Waals surface area contributed by atoms with Crippen molar-refractivity contribution in [1.82, 2.24) is 20.0 Å². The topological polar surface area (TPSA) is 52.2 Å². The minimum Gasteiger partial charge on any atom is -0.340 e. The third-order valence-electron chi connectivity index (χ3n) is 5.24. The number of hydrogen-bond donors (Lipinski definition) is 1. The zero-order valence-electron chi connectivity index (χ0n) is 12.6. The lowest BCUT2D eigenvalue weighted by molar-refractivity contribution is -0.130. The molecule has 1 aromatic heterocycles. The molecule has 3 aliphatic rings. The molecule has 0 spiro atoms. The number of rotatable bonds is 4. The summed E-state index contributed by atoms with van der Waals surface area (Å²) in [5, 5.41) is 7.42. The van der Waals surface area contributed by atoms with Crippen LogP contribution in [0.25, 0.3) is 0 Å². The van der Waals surface area contributed by atoms with E-state index in [1.807, 2.05) is 6.20 Å². The molecule has 0 bridgehead atoms. The summed E-state index contributed by atoms with van der Waals surface area (Å²) >= 11 is 0. The first-order valence-electron chi connectivity index (χ1n) is 8.35. The van der Waals surface area contributed by atoms with Crippen LogP contribution in [0.5, 0.6) is 0 Å². The average Bonchev–Trinajstić information content (AvgIpc) is 3.09. The molecule has 0 aromatic carbocycles. The lowest BCUT2D eigenvalue weighted by Crippen LogP contribution is -2.45. The first-order valence-corrected chi connectivity index (χ1v) is 8.35. The summed E-state index contributed by atoms with van der Waals surface area (Å²) in [5.74, 6) is 1.11. The maximum absolute atomic E-state index is 11.8. The van der Waals surface area contributed by atoms with E-state index in [-0.39, 0.29) is 0 Å². The average molecular weight is 288 g/mol. The molecule has 2 saturated heterocycles. The lowest BCUT2D eigenvalue weighted by Gasteiger charge is -2.36. The van der Waals surface area contributed by atoms with Gasteiger partial charge in [-0.15, -0.1) is 0 Å². The number of nitrogens with zero attached hydrogens (tertiary/aromatic N) is 3. The SMILES string of the molecule is O=C1CCCN1C1CCN(Cc2cn[nH]c2C2CC2)CC1. The minimum absolute atomic E-state index is 0.374. The molecular formula is C16H24N4O. The van der Waals surface area contributed by atoms with E-state index in [1.165, 1.54) is 24.1 Å². The van der Waals surface area contributed by atoms with E-state index < -0.39 is 0 Å². The van der Waals surface area contributed by atoms with Crippen molar-refractivity contribution in [1.29, 1.82) is 0 Å². The second-order valence-corrected chi connectivity index (χ2v) is 6.78. The fourth-order valence-corrected chi connectivity index (χ4v) is 3.86. The zero-order chi connectivity index (χ0) is 14.2. The molecule has 5 heteroatoms. The van der Waals surface area contributed by atoms with Gasteiger partial charge in [0.05, 0.1) is 6.20 Å². The molecule has 21 heavy (non-hydrogen) atoms. The molecule has 4 rings (SSSR count). The van der Waals surface area contributed by atoms with Gasteiger partial charge in [-0.2, -0.15) is 5.10 Å². The van der Waals surface area contributed by atoms with Gasteiger partial charge in [-0.1, -0.05) is 0 Å². The molecule has 3 heterocycles. The molecule has 5 nitrogen and oxygen atoms in total. The van der Waals surface area contributed by atoms with Crippen LogP contribution < -0.4 is 0 Å². The Morgan fingerprint density at radius 2 is 2.00 bits per heavy atom. The van der Waals surface area contributed by atoms with Crippen molar-refractivity contribution in [3.63, 3.8) is 0 Å². The number of piperidine rings is 1. The van der Waals surface area contributed by atoms with Crippen LogP contribution in [-0.4, -0.2) is 51.6 Å². The van der Waals surface area contributed by atoms with Gasteiger partial charge in [-0.25, -0.2) is 0 Å². The number of likely N-dealkylation sites (tertiary alicyclic amines) is 2. The number of amides is 1. The van der Waals surface area contributed by atoms with Gasteiger partial charge in [-0.05, 0) is 32.1 Å². The van der Waals surface area contributed by atoms with Gasteiger partial charge in [0.25, 0.3) is 0 Å². The quantitative estimate of drug-likeness (QED) is 0.920. The van der Waals surface area contributed by atoms with Crippen LogP contribution in [0.4, 0.5) is 0 Å². The summed E-state index contributed by atoms with van der Waals surface area (Å²) in [6.45, 7) is 4.20. The Balaban J connectivity index is 1.33. The molecule has 1 saturated carbocycles. The van der Waals surface area contributed by atoms with E-state index >= 15 is 0 Å². The third-order valence-corrected chi connectivity index (χ3v) is 5.24. The summed E-state index contributed by atoms with van der Waals surface area (Å²) in [4.78, 5) is 16.5. The first kappa shape index (κ1) is 13.3. The largest absolute Gasteiger partial charge is 0.340 e. The molecule has 1 N–H and O–H groups in total. The molecular weight excluding hydrogens is 264 g/mol. The van der Waals surface area contributed by atoms with Crippen molar-refractivity contribution in [3.8, 4) is 0 Å². The van der Waals surface area contributed by atoms with Gasteiger partial charge in [0.2, 0.25) is 5.91 Å². The summed E-state index contributed by atoms with van der Waals surface area (Å²) in [7, 11) is 0. The van der Waals surface area contributed by atoms with Crippen LogP contribution in [0, 0.1) is 0 Å². The van der Waals surface area contributed by atoms with Gasteiger partial charge < -0.3 is 4.90 Å². The maximum Gasteiger partial charge on any atom is 0.222 e. The van der Waals surface area contributed by atoms with Crippen molar-refractivity contribution in [2.75, 3.05) is 19.6 Å². The highest BCUT2D eigenvalue weighted by Crippen LogP contribution is 2.40. The van der Waals surface area contributed by atoms with Crippen molar-refractivity contribution in [3.05, 3.63) is 17.5 Å². The molecule has 1 amide bonds. The number of carbonyl (C=O) groups is 1. The smallest absolute Gasteiger partial charge is 0.222 e. The predicted molar refractivity (Wildman–Crippen MR) is 79.8 cm³/mol. The summed E-state index contributed by atoms with van der Waals surface area (Å²) in [6, 6.07) is 0.489. The van der Waals surface area contributed by atoms with E-state index in [0.717, 1.165) is 57.8 Å². The molecule has 0 radical (unpaired) electrons. The highest BCUT2D eigenvalue weighted by Gasteiger charge is 2.32. The third kappa shape index (κ3) is 2.71. The van der Waals surface area contributed by atoms with Crippen LogP contribution in [0.3, 0.4) is 0 Å². The van der Waals surface area contributed by atoms with E-state index in [0.29, 0.717) is 11.9 Å². The van der Waals surface area contributed by atoms with Gasteiger partial charge in [0.1, 0.15) is 0 Å². The molecule has 1 aromatic rings. The molecule has 114 valence electrons. The fourth-order valence-electron chi connectivity index (χ4n) is 3.86. The standard InChI is InChI=1S/C16H24N4O/c21-15-2-1-7-20(15)14-5-8-19(9-6-14)11-13-10-17-18-16(13)12-3-4-12/h10,12,14H,1-9,11H2,(H,17,18). The number of hydrogen-bond acceptors (Lipinski definition) is 3. The number of aromatic nitrogens is 2. The number of aromatic amines is 1. The van der Waals surface area contributed by atoms with Crippen molar-refractivity contribution in [2.24, 2.45) is 0 Å². The molecule has 0 unspecified atom stereocenters. The number of H-pyrrole nitrogens is 1. The molecule has 3 fully saturated rings. The van der Waals surface area contributed by atoms with Crippen LogP contribution in [0.1, 0.15) is 55.7 Å². The second kappa shape index (κ2) is 5.44. The Hall–Kier alpha value is -1.36. The Morgan fingerprint density at radius 1 is 1.19 bits per heavy atom. The minimum atomic E-state index is 0.374. The highest BCUT2D eigenvalue weighted by molar-refractivity contribution is 5.78. The Morgan fingerprint density at radius 3 is 2.67 bits per heavy atom. The first-order chi connectivity index (χ1) is 10.3. The van der Waals surface area contributed by atoms with Gasteiger partial charge >= 0.3 is 0 Å². The van der Waals surface area contributed by atoms with E-state index in [9.17, 15) is 4.79 Å². The summed E-state index contributed by atoms with van der Waals surface area (Å²) in [5.41, 5.74) is 2.75. The fraction of sp³-hybridized carbons (Fsp3) is 0.750. The number of carbonyl (C=O) groups excluding carboxylic acids is 1. The van der Waals surface area contributed by atoms with Gasteiger partial charge in [0, 0.05) is 55.8 Å². The highest BCUT2D eigenvalue weighted by atomic mass is 16.2. The van der Waals surface area contributed by atoms with Crippen LogP contribution >= 0.6 is 0 Å². The molecule has 0 atom stereocenters. The molecule has 1 aliphatic carbocycles. The van der Waals surface area contributed by atoms with E-state index in [1.54, 1.807) is 0 Å². The van der Waals surface area contributed by atoms with Crippen LogP contribution in [0.15, 0.2) is 6.20 Å². The van der Waals surface area contributed by atoms with Gasteiger partial charge in [-0.3, -0.25) is 14.8 Å². The normalized spacial score (nSPS) is 25.0. The zero-order valence-corrected chi connectivity index (χ0v) is 12.6. The van der Waals surface area contributed by atoms with Crippen LogP contribution in [-0.2, 0) is 11.3 Å². The summed E-state index contributed by atoms with van der Waals surface area (Å²) in [6.07, 6.45) is 8.70. The Bertz CT molecular complexity index is 514. The van der Waals surface area contributed by atoms with Crippen molar-refractivity contribution >= 4 is 5.91 Å². The van der Waals surface area contributed by atoms with Crippen molar-refractivity contribution in [2.45, 2.75) is 57.0 Å². The Kier molecular flexibility index (Phi) is 3.45.